The van der Waals surface area contributed by atoms with E-state index in [0.717, 1.165) is 0 Å². The third-order valence-electron chi connectivity index (χ3n) is 1.74. The van der Waals surface area contributed by atoms with E-state index in [9.17, 15) is 4.39 Å². The van der Waals surface area contributed by atoms with Crippen LogP contribution in [0.2, 0.25) is 0 Å². The number of rotatable bonds is 2. The van der Waals surface area contributed by atoms with E-state index < -0.39 is 0 Å². The van der Waals surface area contributed by atoms with E-state index in [1.807, 2.05) is 12.1 Å². The van der Waals surface area contributed by atoms with Gasteiger partial charge in [-0.1, -0.05) is 27.0 Å². The van der Waals surface area contributed by atoms with Gasteiger partial charge in [-0.05, 0) is 30.3 Å². The number of halogens is 1. The van der Waals surface area contributed by atoms with Crippen molar-refractivity contribution in [3.63, 3.8) is 0 Å². The molecule has 0 heterocycles. The highest BCUT2D eigenvalue weighted by molar-refractivity contribution is 7.64. The first-order valence-electron chi connectivity index (χ1n) is 3.70. The van der Waals surface area contributed by atoms with Gasteiger partial charge in [0.25, 0.3) is 0 Å². The zero-order valence-corrected chi connectivity index (χ0v) is 7.74. The molecule has 60 valence electrons. The second-order valence-electron chi connectivity index (χ2n) is 2.49. The van der Waals surface area contributed by atoms with Gasteiger partial charge in [0.2, 0.25) is 0 Å². The lowest BCUT2D eigenvalue weighted by Gasteiger charge is -2.08. The molecule has 1 unspecified atom stereocenters. The molecular formula is C9H12FP. The Kier molecular flexibility index (Phi) is 3.02. The van der Waals surface area contributed by atoms with Gasteiger partial charge in [0.05, 0.1) is 0 Å². The molecule has 0 aromatic heterocycles. The van der Waals surface area contributed by atoms with Crippen LogP contribution in [0.4, 0.5) is 4.39 Å². The third-order valence-corrected chi connectivity index (χ3v) is 3.87. The third kappa shape index (κ3) is 2.27. The molecule has 0 nitrogen and oxygen atoms in total. The first-order valence-corrected chi connectivity index (χ1v) is 5.68. The van der Waals surface area contributed by atoms with Crippen molar-refractivity contribution in [3.8, 4) is 0 Å². The monoisotopic (exact) mass is 170 g/mol. The average Bonchev–Trinajstić information content (AvgIpc) is 2.05. The Labute approximate surface area is 68.2 Å². The SMILES string of the molecule is CCP(C)c1ccc(F)cc1. The summed E-state index contributed by atoms with van der Waals surface area (Å²) in [5.74, 6) is -0.145. The van der Waals surface area contributed by atoms with Gasteiger partial charge in [0.1, 0.15) is 5.82 Å². The molecule has 1 aromatic carbocycles. The molecule has 0 fully saturated rings. The lowest BCUT2D eigenvalue weighted by Crippen LogP contribution is -2.00. The van der Waals surface area contributed by atoms with Crippen LogP contribution >= 0.6 is 7.92 Å². The van der Waals surface area contributed by atoms with Crippen molar-refractivity contribution in [2.45, 2.75) is 6.92 Å². The normalized spacial score (nSPS) is 13.0. The Hall–Kier alpha value is -0.420. The molecule has 0 N–H and O–H groups in total. The van der Waals surface area contributed by atoms with Crippen molar-refractivity contribution in [3.05, 3.63) is 30.1 Å². The summed E-state index contributed by atoms with van der Waals surface area (Å²) in [6, 6.07) is 6.82. The Bertz CT molecular complexity index is 218. The highest BCUT2D eigenvalue weighted by Gasteiger charge is 2.00. The summed E-state index contributed by atoms with van der Waals surface area (Å²) >= 11 is 0. The van der Waals surface area contributed by atoms with Gasteiger partial charge in [-0.25, -0.2) is 4.39 Å². The van der Waals surface area contributed by atoms with Gasteiger partial charge in [0, 0.05) is 0 Å². The standard InChI is InChI=1S/C9H12FP/c1-3-11(2)9-6-4-8(10)5-7-9/h4-7H,3H2,1-2H3. The fourth-order valence-corrected chi connectivity index (χ4v) is 1.90. The number of hydrogen-bond donors (Lipinski definition) is 0. The topological polar surface area (TPSA) is 0 Å². The molecule has 11 heavy (non-hydrogen) atoms. The van der Waals surface area contributed by atoms with E-state index >= 15 is 0 Å². The van der Waals surface area contributed by atoms with Crippen molar-refractivity contribution in [2.75, 3.05) is 12.8 Å². The molecule has 1 atom stereocenters. The van der Waals surface area contributed by atoms with Gasteiger partial charge in [-0.2, -0.15) is 0 Å². The minimum absolute atomic E-state index is 0.0525. The second kappa shape index (κ2) is 3.82. The molecule has 0 spiro atoms. The summed E-state index contributed by atoms with van der Waals surface area (Å²) in [7, 11) is -0.0525. The van der Waals surface area contributed by atoms with Gasteiger partial charge in [0.15, 0.2) is 0 Å². The molecule has 0 aliphatic rings. The molecule has 1 rings (SSSR count). The van der Waals surface area contributed by atoms with Crippen molar-refractivity contribution < 1.29 is 4.39 Å². The smallest absolute Gasteiger partial charge is 0.123 e. The van der Waals surface area contributed by atoms with Gasteiger partial charge in [-0.15, -0.1) is 0 Å². The largest absolute Gasteiger partial charge is 0.207 e. The summed E-state index contributed by atoms with van der Waals surface area (Å²) in [6.07, 6.45) is 1.17. The van der Waals surface area contributed by atoms with Crippen LogP contribution in [0.5, 0.6) is 0 Å². The van der Waals surface area contributed by atoms with Crippen molar-refractivity contribution in [1.82, 2.24) is 0 Å². The first kappa shape index (κ1) is 8.67. The quantitative estimate of drug-likeness (QED) is 0.598. The number of hydrogen-bond acceptors (Lipinski definition) is 0. The Morgan fingerprint density at radius 2 is 1.82 bits per heavy atom. The van der Waals surface area contributed by atoms with E-state index in [1.54, 1.807) is 0 Å². The second-order valence-corrected chi connectivity index (χ2v) is 5.04. The van der Waals surface area contributed by atoms with Crippen LogP contribution in [0, 0.1) is 5.82 Å². The van der Waals surface area contributed by atoms with Crippen molar-refractivity contribution >= 4 is 13.2 Å². The molecule has 1 aromatic rings. The molecule has 0 saturated heterocycles. The summed E-state index contributed by atoms with van der Waals surface area (Å²) in [5, 5.41) is 1.28. The zero-order chi connectivity index (χ0) is 8.27. The van der Waals surface area contributed by atoms with Crippen LogP contribution in [-0.4, -0.2) is 12.8 Å². The van der Waals surface area contributed by atoms with Crippen molar-refractivity contribution in [2.24, 2.45) is 0 Å². The molecule has 0 radical (unpaired) electrons. The summed E-state index contributed by atoms with van der Waals surface area (Å²) in [4.78, 5) is 0. The van der Waals surface area contributed by atoms with E-state index in [-0.39, 0.29) is 13.7 Å². The Morgan fingerprint density at radius 3 is 2.27 bits per heavy atom. The molecular weight excluding hydrogens is 158 g/mol. The van der Waals surface area contributed by atoms with Crippen LogP contribution in [-0.2, 0) is 0 Å². The maximum Gasteiger partial charge on any atom is 0.123 e. The maximum absolute atomic E-state index is 12.5. The predicted octanol–water partition coefficient (Wildman–Crippen LogP) is 2.58. The summed E-state index contributed by atoms with van der Waals surface area (Å²) < 4.78 is 12.5. The van der Waals surface area contributed by atoms with Gasteiger partial charge < -0.3 is 0 Å². The lowest BCUT2D eigenvalue weighted by atomic mass is 10.4. The predicted molar refractivity (Wildman–Crippen MR) is 49.4 cm³/mol. The maximum atomic E-state index is 12.5. The van der Waals surface area contributed by atoms with Crippen molar-refractivity contribution in [1.29, 1.82) is 0 Å². The molecule has 2 heteroatoms. The highest BCUT2D eigenvalue weighted by Crippen LogP contribution is 2.27. The molecule has 0 aliphatic carbocycles. The molecule has 0 bridgehead atoms. The van der Waals surface area contributed by atoms with Crippen LogP contribution in [0.15, 0.2) is 24.3 Å². The average molecular weight is 170 g/mol. The summed E-state index contributed by atoms with van der Waals surface area (Å²) in [5.41, 5.74) is 0. The van der Waals surface area contributed by atoms with Crippen LogP contribution in [0.3, 0.4) is 0 Å². The van der Waals surface area contributed by atoms with E-state index in [1.165, 1.54) is 23.6 Å². The van der Waals surface area contributed by atoms with Crippen LogP contribution < -0.4 is 5.30 Å². The molecule has 0 aliphatic heterocycles. The molecule has 0 saturated carbocycles. The molecule has 0 amide bonds. The first-order chi connectivity index (χ1) is 5.24. The van der Waals surface area contributed by atoms with Gasteiger partial charge in [-0.3, -0.25) is 0 Å². The van der Waals surface area contributed by atoms with E-state index in [2.05, 4.69) is 13.6 Å². The van der Waals surface area contributed by atoms with E-state index in [4.69, 9.17) is 0 Å². The lowest BCUT2D eigenvalue weighted by molar-refractivity contribution is 0.628. The minimum Gasteiger partial charge on any atom is -0.207 e. The summed E-state index contributed by atoms with van der Waals surface area (Å²) in [6.45, 7) is 4.37. The minimum atomic E-state index is -0.145. The van der Waals surface area contributed by atoms with Crippen LogP contribution in [0.25, 0.3) is 0 Å². The Morgan fingerprint density at radius 1 is 1.27 bits per heavy atom. The highest BCUT2D eigenvalue weighted by atomic mass is 31.1. The van der Waals surface area contributed by atoms with E-state index in [0.29, 0.717) is 0 Å². The fraction of sp³-hybridized carbons (Fsp3) is 0.333. The number of benzene rings is 1. The zero-order valence-electron chi connectivity index (χ0n) is 6.84. The fourth-order valence-electron chi connectivity index (χ4n) is 0.878. The van der Waals surface area contributed by atoms with Gasteiger partial charge >= 0.3 is 0 Å². The Balaban J connectivity index is 2.81. The van der Waals surface area contributed by atoms with Crippen LogP contribution in [0.1, 0.15) is 6.92 Å².